The molecule has 0 aromatic heterocycles. The van der Waals surface area contributed by atoms with Gasteiger partial charge < -0.3 is 15.0 Å². The molecule has 2 N–H and O–H groups in total. The topological polar surface area (TPSA) is 105 Å². The molecular weight excluding hydrogens is 406 g/mol. The van der Waals surface area contributed by atoms with Gasteiger partial charge in [0.05, 0.1) is 12.7 Å². The Hall–Kier alpha value is -3.07. The van der Waals surface area contributed by atoms with Crippen molar-refractivity contribution in [3.8, 4) is 0 Å². The molecule has 0 saturated carbocycles. The third kappa shape index (κ3) is 5.96. The fraction of sp³-hybridized carbons (Fsp3) is 0.333. The molecule has 1 aliphatic rings. The Bertz CT molecular complexity index is 1000. The second kappa shape index (κ2) is 9.62. The molecule has 2 aromatic rings. The standard InChI is InChI=1S/C21H25N3O5S/c1-29-21(26)16-6-5-7-18(14-16)22-20(25)15-30(27,28)23-17-8-10-19(11-9-17)24-12-3-2-4-13-24/h5-11,14,23H,2-4,12-13,15H2,1H3,(H,22,25). The molecule has 1 amide bonds. The number of carbonyl (C=O) groups excluding carboxylic acids is 2. The van der Waals surface area contributed by atoms with Gasteiger partial charge >= 0.3 is 5.97 Å². The van der Waals surface area contributed by atoms with Crippen molar-refractivity contribution in [3.05, 3.63) is 54.1 Å². The van der Waals surface area contributed by atoms with Gasteiger partial charge in [-0.2, -0.15) is 0 Å². The van der Waals surface area contributed by atoms with E-state index in [4.69, 9.17) is 0 Å². The van der Waals surface area contributed by atoms with Gasteiger partial charge in [-0.3, -0.25) is 9.52 Å². The highest BCUT2D eigenvalue weighted by atomic mass is 32.2. The summed E-state index contributed by atoms with van der Waals surface area (Å²) in [4.78, 5) is 26.0. The van der Waals surface area contributed by atoms with E-state index in [0.717, 1.165) is 31.6 Å². The largest absolute Gasteiger partial charge is 0.465 e. The number of nitrogens with zero attached hydrogens (tertiary/aromatic N) is 1. The Kier molecular flexibility index (Phi) is 6.94. The van der Waals surface area contributed by atoms with Gasteiger partial charge in [-0.25, -0.2) is 13.2 Å². The number of benzene rings is 2. The Morgan fingerprint density at radius 2 is 1.70 bits per heavy atom. The minimum absolute atomic E-state index is 0.255. The SMILES string of the molecule is COC(=O)c1cccc(NC(=O)CS(=O)(=O)Nc2ccc(N3CCCCC3)cc2)c1. The number of anilines is 3. The summed E-state index contributed by atoms with van der Waals surface area (Å²) >= 11 is 0. The summed E-state index contributed by atoms with van der Waals surface area (Å²) in [7, 11) is -2.64. The van der Waals surface area contributed by atoms with Gasteiger partial charge in [0.15, 0.2) is 0 Å². The zero-order valence-corrected chi connectivity index (χ0v) is 17.6. The molecule has 0 bridgehead atoms. The number of rotatable bonds is 7. The Labute approximate surface area is 176 Å². The zero-order valence-electron chi connectivity index (χ0n) is 16.8. The van der Waals surface area contributed by atoms with Gasteiger partial charge in [-0.05, 0) is 61.7 Å². The molecule has 9 heteroatoms. The zero-order chi connectivity index (χ0) is 21.6. The van der Waals surface area contributed by atoms with Gasteiger partial charge in [-0.15, -0.1) is 0 Å². The number of nitrogens with one attached hydrogen (secondary N) is 2. The normalized spacial score (nSPS) is 14.1. The van der Waals surface area contributed by atoms with E-state index in [2.05, 4.69) is 19.7 Å². The number of hydrogen-bond donors (Lipinski definition) is 2. The van der Waals surface area contributed by atoms with E-state index in [-0.39, 0.29) is 5.56 Å². The third-order valence-corrected chi connectivity index (χ3v) is 5.94. The first-order valence-corrected chi connectivity index (χ1v) is 11.4. The van der Waals surface area contributed by atoms with E-state index in [0.29, 0.717) is 11.4 Å². The van der Waals surface area contributed by atoms with Crippen LogP contribution in [0.4, 0.5) is 17.1 Å². The molecule has 1 fully saturated rings. The van der Waals surface area contributed by atoms with Crippen molar-refractivity contribution in [1.29, 1.82) is 0 Å². The summed E-state index contributed by atoms with van der Waals surface area (Å²) in [6, 6.07) is 13.2. The number of esters is 1. The highest BCUT2D eigenvalue weighted by Crippen LogP contribution is 2.22. The van der Waals surface area contributed by atoms with E-state index in [9.17, 15) is 18.0 Å². The molecule has 0 spiro atoms. The van der Waals surface area contributed by atoms with E-state index in [1.165, 1.54) is 25.7 Å². The van der Waals surface area contributed by atoms with Crippen LogP contribution in [0.15, 0.2) is 48.5 Å². The second-order valence-corrected chi connectivity index (χ2v) is 8.80. The summed E-state index contributed by atoms with van der Waals surface area (Å²) in [6.45, 7) is 2.00. The van der Waals surface area contributed by atoms with Gasteiger partial charge in [0.1, 0.15) is 5.75 Å². The van der Waals surface area contributed by atoms with Crippen LogP contribution in [0.3, 0.4) is 0 Å². The van der Waals surface area contributed by atoms with Crippen LogP contribution in [0.5, 0.6) is 0 Å². The first kappa shape index (κ1) is 21.6. The molecule has 1 aliphatic heterocycles. The molecule has 0 atom stereocenters. The Morgan fingerprint density at radius 3 is 2.37 bits per heavy atom. The highest BCUT2D eigenvalue weighted by molar-refractivity contribution is 7.93. The van der Waals surface area contributed by atoms with E-state index < -0.39 is 27.7 Å². The van der Waals surface area contributed by atoms with Crippen LogP contribution in [-0.2, 0) is 19.6 Å². The summed E-state index contributed by atoms with van der Waals surface area (Å²) in [5, 5.41) is 2.48. The summed E-state index contributed by atoms with van der Waals surface area (Å²) < 4.78 is 31.8. The predicted molar refractivity (Wildman–Crippen MR) is 116 cm³/mol. The molecule has 0 aliphatic carbocycles. The summed E-state index contributed by atoms with van der Waals surface area (Å²) in [5.41, 5.74) is 2.02. The lowest BCUT2D eigenvalue weighted by Crippen LogP contribution is -2.29. The Balaban J connectivity index is 1.58. The average Bonchev–Trinajstić information content (AvgIpc) is 2.73. The minimum Gasteiger partial charge on any atom is -0.465 e. The molecule has 160 valence electrons. The van der Waals surface area contributed by atoms with Crippen molar-refractivity contribution in [3.63, 3.8) is 0 Å². The lowest BCUT2D eigenvalue weighted by atomic mass is 10.1. The maximum Gasteiger partial charge on any atom is 0.337 e. The maximum absolute atomic E-state index is 12.4. The number of sulfonamides is 1. The quantitative estimate of drug-likeness (QED) is 0.653. The molecule has 1 heterocycles. The number of ether oxygens (including phenoxy) is 1. The molecule has 2 aromatic carbocycles. The monoisotopic (exact) mass is 431 g/mol. The van der Waals surface area contributed by atoms with E-state index in [1.807, 2.05) is 12.1 Å². The van der Waals surface area contributed by atoms with Crippen LogP contribution < -0.4 is 14.9 Å². The van der Waals surface area contributed by atoms with Gasteiger partial charge in [-0.1, -0.05) is 6.07 Å². The second-order valence-electron chi connectivity index (χ2n) is 7.08. The van der Waals surface area contributed by atoms with Crippen molar-refractivity contribution in [2.75, 3.05) is 40.9 Å². The first-order valence-electron chi connectivity index (χ1n) is 9.70. The lowest BCUT2D eigenvalue weighted by Gasteiger charge is -2.28. The van der Waals surface area contributed by atoms with Gasteiger partial charge in [0.25, 0.3) is 0 Å². The van der Waals surface area contributed by atoms with Gasteiger partial charge in [0, 0.05) is 30.2 Å². The number of carbonyl (C=O) groups is 2. The van der Waals surface area contributed by atoms with Crippen LogP contribution in [0.2, 0.25) is 0 Å². The van der Waals surface area contributed by atoms with Crippen LogP contribution in [-0.4, -0.2) is 46.2 Å². The smallest absolute Gasteiger partial charge is 0.337 e. The van der Waals surface area contributed by atoms with Crippen molar-refractivity contribution in [2.24, 2.45) is 0 Å². The molecule has 0 radical (unpaired) electrons. The van der Waals surface area contributed by atoms with Crippen LogP contribution in [0, 0.1) is 0 Å². The number of piperidine rings is 1. The molecule has 1 saturated heterocycles. The molecule has 0 unspecified atom stereocenters. The molecule has 30 heavy (non-hydrogen) atoms. The summed E-state index contributed by atoms with van der Waals surface area (Å²) in [6.07, 6.45) is 3.56. The van der Waals surface area contributed by atoms with Crippen LogP contribution >= 0.6 is 0 Å². The molecule has 8 nitrogen and oxygen atoms in total. The average molecular weight is 432 g/mol. The minimum atomic E-state index is -3.89. The fourth-order valence-corrected chi connectivity index (χ4v) is 4.30. The van der Waals surface area contributed by atoms with Crippen molar-refractivity contribution in [1.82, 2.24) is 0 Å². The van der Waals surface area contributed by atoms with E-state index >= 15 is 0 Å². The first-order chi connectivity index (χ1) is 14.4. The lowest BCUT2D eigenvalue weighted by molar-refractivity contribution is -0.113. The number of hydrogen-bond acceptors (Lipinski definition) is 6. The number of methoxy groups -OCH3 is 1. The number of amides is 1. The van der Waals surface area contributed by atoms with Crippen molar-refractivity contribution in [2.45, 2.75) is 19.3 Å². The molecule has 3 rings (SSSR count). The van der Waals surface area contributed by atoms with Crippen LogP contribution in [0.1, 0.15) is 29.6 Å². The maximum atomic E-state index is 12.4. The van der Waals surface area contributed by atoms with Crippen LogP contribution in [0.25, 0.3) is 0 Å². The highest BCUT2D eigenvalue weighted by Gasteiger charge is 2.18. The van der Waals surface area contributed by atoms with Crippen molar-refractivity contribution >= 4 is 39.0 Å². The summed E-state index contributed by atoms with van der Waals surface area (Å²) in [5.74, 6) is -2.01. The fourth-order valence-electron chi connectivity index (χ4n) is 3.32. The van der Waals surface area contributed by atoms with Crippen molar-refractivity contribution < 1.29 is 22.7 Å². The van der Waals surface area contributed by atoms with Gasteiger partial charge in [0.2, 0.25) is 15.9 Å². The molecular formula is C21H25N3O5S. The third-order valence-electron chi connectivity index (χ3n) is 4.75. The Morgan fingerprint density at radius 1 is 1.00 bits per heavy atom. The predicted octanol–water partition coefficient (Wildman–Crippen LogP) is 2.84. The van der Waals surface area contributed by atoms with E-state index in [1.54, 1.807) is 24.3 Å².